The maximum atomic E-state index is 11.4. The van der Waals surface area contributed by atoms with Crippen LogP contribution in [0.3, 0.4) is 0 Å². The number of hydrogen-bond donors (Lipinski definition) is 4. The zero-order chi connectivity index (χ0) is 13.7. The molecule has 1 aromatic heterocycles. The second kappa shape index (κ2) is 6.45. The minimum absolute atomic E-state index is 0.211. The van der Waals surface area contributed by atoms with Crippen LogP contribution in [0, 0.1) is 0 Å². The molecular weight excluding hydrogens is 243 g/mol. The standard InChI is InChI=1S/C8H13BN4O5/c9-6(18-5(2-15)4(16)1-14)13-3-11-7(10)12-8(13)17/h3-6,14-16H,1-2H2,(H2,10,12,17)/t4?,5?,6-/m1/s1. The van der Waals surface area contributed by atoms with Gasteiger partial charge < -0.3 is 25.8 Å². The van der Waals surface area contributed by atoms with Crippen LogP contribution in [0.5, 0.6) is 0 Å². The lowest BCUT2D eigenvalue weighted by molar-refractivity contribution is -0.108. The van der Waals surface area contributed by atoms with Crippen LogP contribution in [0.1, 0.15) is 6.13 Å². The number of anilines is 1. The number of aliphatic hydroxyl groups excluding tert-OH is 3. The third kappa shape index (κ3) is 3.50. The number of hydrogen-bond acceptors (Lipinski definition) is 8. The highest BCUT2D eigenvalue weighted by Gasteiger charge is 2.22. The molecule has 2 radical (unpaired) electrons. The molecule has 1 rings (SSSR count). The van der Waals surface area contributed by atoms with Crippen molar-refractivity contribution in [3.63, 3.8) is 0 Å². The summed E-state index contributed by atoms with van der Waals surface area (Å²) in [6.07, 6.45) is -2.77. The van der Waals surface area contributed by atoms with Crippen molar-refractivity contribution in [2.45, 2.75) is 18.3 Å². The van der Waals surface area contributed by atoms with Crippen LogP contribution in [0.25, 0.3) is 0 Å². The van der Waals surface area contributed by atoms with E-state index in [0.29, 0.717) is 0 Å². The van der Waals surface area contributed by atoms with E-state index in [0.717, 1.165) is 10.9 Å². The van der Waals surface area contributed by atoms with Gasteiger partial charge in [-0.1, -0.05) is 0 Å². The SMILES string of the molecule is [B][C@@H](OC(CO)C(O)CO)n1cnc(N)nc1=O. The van der Waals surface area contributed by atoms with Gasteiger partial charge in [0.25, 0.3) is 0 Å². The van der Waals surface area contributed by atoms with Crippen LogP contribution in [0.4, 0.5) is 5.95 Å². The Kier molecular flexibility index (Phi) is 5.22. The first kappa shape index (κ1) is 14.6. The van der Waals surface area contributed by atoms with Crippen molar-refractivity contribution in [2.24, 2.45) is 0 Å². The van der Waals surface area contributed by atoms with E-state index < -0.39 is 37.2 Å². The van der Waals surface area contributed by atoms with Gasteiger partial charge in [0, 0.05) is 0 Å². The lowest BCUT2D eigenvalue weighted by atomic mass is 10.1. The topological polar surface area (TPSA) is 144 Å². The summed E-state index contributed by atoms with van der Waals surface area (Å²) < 4.78 is 5.84. The van der Waals surface area contributed by atoms with Crippen molar-refractivity contribution in [3.8, 4) is 0 Å². The maximum absolute atomic E-state index is 11.4. The number of aromatic nitrogens is 3. The normalized spacial score (nSPS) is 16.2. The first-order valence-electron chi connectivity index (χ1n) is 5.01. The molecule has 5 N–H and O–H groups in total. The van der Waals surface area contributed by atoms with Gasteiger partial charge in [0.15, 0.2) is 0 Å². The minimum atomic E-state index is -1.33. The molecule has 2 unspecified atom stereocenters. The Bertz CT molecular complexity index is 442. The molecule has 0 amide bonds. The van der Waals surface area contributed by atoms with Crippen LogP contribution in [-0.4, -0.2) is 63.1 Å². The Balaban J connectivity index is 2.81. The zero-order valence-electron chi connectivity index (χ0n) is 9.38. The van der Waals surface area contributed by atoms with Gasteiger partial charge in [0.1, 0.15) is 26.4 Å². The molecule has 18 heavy (non-hydrogen) atoms. The van der Waals surface area contributed by atoms with E-state index in [-0.39, 0.29) is 5.95 Å². The van der Waals surface area contributed by atoms with E-state index in [1.807, 2.05) is 0 Å². The number of aliphatic hydroxyl groups is 3. The van der Waals surface area contributed by atoms with Crippen LogP contribution in [0.15, 0.2) is 11.1 Å². The lowest BCUT2D eigenvalue weighted by Crippen LogP contribution is -2.39. The largest absolute Gasteiger partial charge is 0.394 e. The summed E-state index contributed by atoms with van der Waals surface area (Å²) in [6, 6.07) is 0. The smallest absolute Gasteiger partial charge is 0.353 e. The second-order valence-electron chi connectivity index (χ2n) is 3.40. The summed E-state index contributed by atoms with van der Waals surface area (Å²) in [6.45, 7) is -1.20. The van der Waals surface area contributed by atoms with E-state index in [9.17, 15) is 9.90 Å². The Morgan fingerprint density at radius 2 is 2.17 bits per heavy atom. The second-order valence-corrected chi connectivity index (χ2v) is 3.40. The van der Waals surface area contributed by atoms with Crippen molar-refractivity contribution >= 4 is 13.8 Å². The molecule has 0 aliphatic rings. The minimum Gasteiger partial charge on any atom is -0.394 e. The Morgan fingerprint density at radius 1 is 1.50 bits per heavy atom. The monoisotopic (exact) mass is 256 g/mol. The van der Waals surface area contributed by atoms with Crippen LogP contribution in [-0.2, 0) is 4.74 Å². The Hall–Kier alpha value is -1.49. The first-order valence-corrected chi connectivity index (χ1v) is 5.01. The van der Waals surface area contributed by atoms with Gasteiger partial charge in [-0.05, 0) is 0 Å². The van der Waals surface area contributed by atoms with Crippen molar-refractivity contribution in [1.82, 2.24) is 14.5 Å². The van der Waals surface area contributed by atoms with Gasteiger partial charge in [-0.25, -0.2) is 9.78 Å². The molecule has 0 saturated carbocycles. The van der Waals surface area contributed by atoms with Crippen LogP contribution < -0.4 is 11.4 Å². The highest BCUT2D eigenvalue weighted by Crippen LogP contribution is 2.07. The summed E-state index contributed by atoms with van der Waals surface area (Å²) >= 11 is 0. The summed E-state index contributed by atoms with van der Waals surface area (Å²) in [5.74, 6) is -0.211. The number of ether oxygens (including phenoxy) is 1. The fraction of sp³-hybridized carbons (Fsp3) is 0.625. The highest BCUT2D eigenvalue weighted by molar-refractivity contribution is 6.09. The Morgan fingerprint density at radius 3 is 2.67 bits per heavy atom. The molecule has 98 valence electrons. The number of rotatable bonds is 6. The van der Waals surface area contributed by atoms with Crippen molar-refractivity contribution in [2.75, 3.05) is 18.9 Å². The van der Waals surface area contributed by atoms with Gasteiger partial charge in [0.2, 0.25) is 5.95 Å². The summed E-state index contributed by atoms with van der Waals surface area (Å²) in [4.78, 5) is 18.3. The fourth-order valence-electron chi connectivity index (χ4n) is 1.15. The molecule has 0 aliphatic heterocycles. The summed E-state index contributed by atoms with van der Waals surface area (Å²) in [5, 5.41) is 27.0. The molecule has 0 spiro atoms. The third-order valence-electron chi connectivity index (χ3n) is 2.13. The van der Waals surface area contributed by atoms with E-state index in [2.05, 4.69) is 9.97 Å². The lowest BCUT2D eigenvalue weighted by Gasteiger charge is -2.25. The van der Waals surface area contributed by atoms with Gasteiger partial charge >= 0.3 is 5.69 Å². The van der Waals surface area contributed by atoms with Crippen LogP contribution in [0.2, 0.25) is 0 Å². The molecule has 9 nitrogen and oxygen atoms in total. The van der Waals surface area contributed by atoms with Gasteiger partial charge in [0.05, 0.1) is 19.3 Å². The summed E-state index contributed by atoms with van der Waals surface area (Å²) in [5.41, 5.74) is 4.41. The van der Waals surface area contributed by atoms with Crippen molar-refractivity contribution in [3.05, 3.63) is 16.8 Å². The summed E-state index contributed by atoms with van der Waals surface area (Å²) in [7, 11) is 5.53. The third-order valence-corrected chi connectivity index (χ3v) is 2.13. The number of nitrogen functional groups attached to an aromatic ring is 1. The van der Waals surface area contributed by atoms with E-state index in [1.54, 1.807) is 0 Å². The van der Waals surface area contributed by atoms with E-state index >= 15 is 0 Å². The Labute approximate surface area is 103 Å². The van der Waals surface area contributed by atoms with Gasteiger partial charge in [-0.15, -0.1) is 0 Å². The molecule has 10 heteroatoms. The molecular formula is C8H13BN4O5. The van der Waals surface area contributed by atoms with Crippen molar-refractivity contribution in [1.29, 1.82) is 0 Å². The fourth-order valence-corrected chi connectivity index (χ4v) is 1.15. The predicted molar refractivity (Wildman–Crippen MR) is 60.5 cm³/mol. The average Bonchev–Trinajstić information content (AvgIpc) is 2.34. The molecule has 0 aromatic carbocycles. The van der Waals surface area contributed by atoms with Gasteiger partial charge in [-0.2, -0.15) is 4.98 Å². The molecule has 0 saturated heterocycles. The quantitative estimate of drug-likeness (QED) is 0.385. The first-order chi connectivity index (χ1) is 8.49. The van der Waals surface area contributed by atoms with E-state index in [4.69, 9.17) is 28.5 Å². The zero-order valence-corrected chi connectivity index (χ0v) is 9.38. The average molecular weight is 256 g/mol. The molecule has 3 atom stereocenters. The number of nitrogens with zero attached hydrogens (tertiary/aromatic N) is 3. The van der Waals surface area contributed by atoms with E-state index in [1.165, 1.54) is 0 Å². The predicted octanol–water partition coefficient (Wildman–Crippen LogP) is -3.42. The highest BCUT2D eigenvalue weighted by atomic mass is 16.5. The molecule has 0 fully saturated rings. The van der Waals surface area contributed by atoms with Gasteiger partial charge in [-0.3, -0.25) is 4.57 Å². The molecule has 1 aromatic rings. The maximum Gasteiger partial charge on any atom is 0.353 e. The molecule has 1 heterocycles. The molecule has 0 aliphatic carbocycles. The van der Waals surface area contributed by atoms with Crippen LogP contribution >= 0.6 is 0 Å². The number of nitrogens with two attached hydrogens (primary N) is 1. The van der Waals surface area contributed by atoms with Crippen molar-refractivity contribution < 1.29 is 20.1 Å². The molecule has 0 bridgehead atoms.